The third-order valence-electron chi connectivity index (χ3n) is 4.99. The quantitative estimate of drug-likeness (QED) is 0.386. The molecule has 1 aromatic heterocycles. The summed E-state index contributed by atoms with van der Waals surface area (Å²) in [7, 11) is 0. The number of hydrogen-bond acceptors (Lipinski definition) is 4. The predicted molar refractivity (Wildman–Crippen MR) is 128 cm³/mol. The van der Waals surface area contributed by atoms with Gasteiger partial charge in [0.2, 0.25) is 0 Å². The lowest BCUT2D eigenvalue weighted by molar-refractivity contribution is 0.0984. The molecule has 29 heavy (non-hydrogen) atoms. The lowest BCUT2D eigenvalue weighted by atomic mass is 10.1. The van der Waals surface area contributed by atoms with Crippen LogP contribution >= 0.6 is 38.9 Å². The summed E-state index contributed by atoms with van der Waals surface area (Å²) in [6, 6.07) is 9.61. The van der Waals surface area contributed by atoms with Crippen LogP contribution in [0, 0.1) is 13.8 Å². The van der Waals surface area contributed by atoms with Crippen LogP contribution < -0.4 is 4.90 Å². The van der Waals surface area contributed by atoms with E-state index in [1.165, 1.54) is 5.56 Å². The highest BCUT2D eigenvalue weighted by atomic mass is 79.9. The Balaban J connectivity index is 2.04. The Kier molecular flexibility index (Phi) is 7.32. The van der Waals surface area contributed by atoms with E-state index in [4.69, 9.17) is 16.6 Å². The van der Waals surface area contributed by atoms with Gasteiger partial charge in [0.1, 0.15) is 0 Å². The number of aromatic nitrogens is 1. The van der Waals surface area contributed by atoms with Crippen molar-refractivity contribution in [1.29, 1.82) is 0 Å². The molecule has 0 N–H and O–H groups in total. The minimum absolute atomic E-state index is 0.128. The standard InChI is InChI=1S/C22H25BrClN3OS/c1-5-26(6-2)9-10-27(21(28)17-13-16(23)7-8-18(17)24)22-25-20-15(4)11-14(3)12-19(20)29-22/h7-8,11-13H,5-6,9-10H2,1-4H3. The Hall–Kier alpha value is -1.47. The van der Waals surface area contributed by atoms with E-state index in [-0.39, 0.29) is 5.91 Å². The highest BCUT2D eigenvalue weighted by Crippen LogP contribution is 2.33. The maximum atomic E-state index is 13.5. The van der Waals surface area contributed by atoms with Gasteiger partial charge in [-0.15, -0.1) is 0 Å². The molecule has 0 fully saturated rings. The minimum atomic E-state index is -0.128. The molecule has 0 saturated heterocycles. The lowest BCUT2D eigenvalue weighted by Gasteiger charge is -2.25. The van der Waals surface area contributed by atoms with Crippen molar-refractivity contribution in [3.8, 4) is 0 Å². The maximum Gasteiger partial charge on any atom is 0.261 e. The number of thiazole rings is 1. The number of benzene rings is 2. The normalized spacial score (nSPS) is 11.4. The highest BCUT2D eigenvalue weighted by Gasteiger charge is 2.24. The van der Waals surface area contributed by atoms with Gasteiger partial charge in [-0.2, -0.15) is 0 Å². The van der Waals surface area contributed by atoms with E-state index in [0.29, 0.717) is 22.3 Å². The molecule has 0 saturated carbocycles. The van der Waals surface area contributed by atoms with Crippen molar-refractivity contribution in [2.45, 2.75) is 27.7 Å². The molecule has 1 heterocycles. The molecule has 1 amide bonds. The average Bonchev–Trinajstić information content (AvgIpc) is 3.10. The number of amides is 1. The number of halogens is 2. The smallest absolute Gasteiger partial charge is 0.261 e. The number of hydrogen-bond donors (Lipinski definition) is 0. The number of fused-ring (bicyclic) bond motifs is 1. The molecule has 2 aromatic carbocycles. The largest absolute Gasteiger partial charge is 0.302 e. The first-order valence-electron chi connectivity index (χ1n) is 9.71. The van der Waals surface area contributed by atoms with Gasteiger partial charge in [-0.05, 0) is 62.3 Å². The number of likely N-dealkylation sites (N-methyl/N-ethyl adjacent to an activating group) is 1. The first kappa shape index (κ1) is 22.2. The number of rotatable bonds is 7. The van der Waals surface area contributed by atoms with Gasteiger partial charge in [-0.25, -0.2) is 4.98 Å². The Morgan fingerprint density at radius 1 is 1.14 bits per heavy atom. The van der Waals surface area contributed by atoms with Crippen LogP contribution in [-0.2, 0) is 0 Å². The Morgan fingerprint density at radius 2 is 1.86 bits per heavy atom. The molecule has 3 rings (SSSR count). The number of carbonyl (C=O) groups excluding carboxylic acids is 1. The molecule has 3 aromatic rings. The summed E-state index contributed by atoms with van der Waals surface area (Å²) >= 11 is 11.4. The molecule has 0 atom stereocenters. The summed E-state index contributed by atoms with van der Waals surface area (Å²) in [6.07, 6.45) is 0. The zero-order valence-electron chi connectivity index (χ0n) is 17.1. The molecule has 0 radical (unpaired) electrons. The first-order valence-corrected chi connectivity index (χ1v) is 11.7. The summed E-state index contributed by atoms with van der Waals surface area (Å²) < 4.78 is 1.92. The van der Waals surface area contributed by atoms with Crippen LogP contribution in [-0.4, -0.2) is 42.0 Å². The summed E-state index contributed by atoms with van der Waals surface area (Å²) in [6.45, 7) is 11.6. The molecule has 0 unspecified atom stereocenters. The van der Waals surface area contributed by atoms with E-state index in [1.807, 2.05) is 6.07 Å². The fourth-order valence-corrected chi connectivity index (χ4v) is 5.07. The summed E-state index contributed by atoms with van der Waals surface area (Å²) in [4.78, 5) is 22.4. The second-order valence-corrected chi connectivity index (χ2v) is 9.36. The van der Waals surface area contributed by atoms with E-state index in [1.54, 1.807) is 28.4 Å². The summed E-state index contributed by atoms with van der Waals surface area (Å²) in [5, 5.41) is 1.15. The Bertz CT molecular complexity index is 1030. The molecule has 0 aliphatic rings. The number of aryl methyl sites for hydroxylation is 2. The number of nitrogens with zero attached hydrogens (tertiary/aromatic N) is 3. The molecule has 0 bridgehead atoms. The van der Waals surface area contributed by atoms with Crippen LogP contribution in [0.1, 0.15) is 35.3 Å². The molecule has 0 aliphatic carbocycles. The van der Waals surface area contributed by atoms with Crippen LogP contribution in [0.5, 0.6) is 0 Å². The van der Waals surface area contributed by atoms with E-state index in [9.17, 15) is 4.79 Å². The number of carbonyl (C=O) groups is 1. The van der Waals surface area contributed by atoms with Gasteiger partial charge in [0.15, 0.2) is 5.13 Å². The minimum Gasteiger partial charge on any atom is -0.302 e. The van der Waals surface area contributed by atoms with Gasteiger partial charge < -0.3 is 4.90 Å². The second kappa shape index (κ2) is 9.56. The van der Waals surface area contributed by atoms with Gasteiger partial charge in [0.05, 0.1) is 20.8 Å². The lowest BCUT2D eigenvalue weighted by Crippen LogP contribution is -2.39. The van der Waals surface area contributed by atoms with Crippen LogP contribution in [0.3, 0.4) is 0 Å². The Labute approximate surface area is 189 Å². The van der Waals surface area contributed by atoms with Crippen LogP contribution in [0.2, 0.25) is 5.02 Å². The van der Waals surface area contributed by atoms with Crippen LogP contribution in [0.4, 0.5) is 5.13 Å². The van der Waals surface area contributed by atoms with Crippen LogP contribution in [0.25, 0.3) is 10.2 Å². The van der Waals surface area contributed by atoms with Crippen molar-refractivity contribution in [1.82, 2.24) is 9.88 Å². The number of anilines is 1. The third kappa shape index (κ3) is 5.00. The molecule has 0 aliphatic heterocycles. The predicted octanol–water partition coefficient (Wildman–Crippen LogP) is 6.32. The van der Waals surface area contributed by atoms with E-state index >= 15 is 0 Å². The SMILES string of the molecule is CCN(CC)CCN(C(=O)c1cc(Br)ccc1Cl)c1nc2c(C)cc(C)cc2s1. The van der Waals surface area contributed by atoms with Gasteiger partial charge in [-0.3, -0.25) is 9.69 Å². The van der Waals surface area contributed by atoms with Crippen molar-refractivity contribution in [2.24, 2.45) is 0 Å². The van der Waals surface area contributed by atoms with Crippen molar-refractivity contribution >= 4 is 60.1 Å². The van der Waals surface area contributed by atoms with Crippen molar-refractivity contribution in [3.63, 3.8) is 0 Å². The maximum absolute atomic E-state index is 13.5. The van der Waals surface area contributed by atoms with Gasteiger partial charge >= 0.3 is 0 Å². The van der Waals surface area contributed by atoms with Gasteiger partial charge in [0.25, 0.3) is 5.91 Å². The molecular weight excluding hydrogens is 470 g/mol. The van der Waals surface area contributed by atoms with E-state index < -0.39 is 0 Å². The summed E-state index contributed by atoms with van der Waals surface area (Å²) in [5.41, 5.74) is 3.75. The summed E-state index contributed by atoms with van der Waals surface area (Å²) in [5.74, 6) is -0.128. The molecule has 7 heteroatoms. The van der Waals surface area contributed by atoms with Gasteiger partial charge in [-0.1, -0.05) is 58.8 Å². The second-order valence-electron chi connectivity index (χ2n) is 7.03. The fraction of sp³-hybridized carbons (Fsp3) is 0.364. The zero-order valence-corrected chi connectivity index (χ0v) is 20.3. The monoisotopic (exact) mass is 493 g/mol. The molecular formula is C22H25BrClN3OS. The highest BCUT2D eigenvalue weighted by molar-refractivity contribution is 9.10. The fourth-order valence-electron chi connectivity index (χ4n) is 3.35. The topological polar surface area (TPSA) is 36.4 Å². The van der Waals surface area contributed by atoms with Crippen molar-refractivity contribution in [2.75, 3.05) is 31.1 Å². The van der Waals surface area contributed by atoms with Crippen molar-refractivity contribution < 1.29 is 4.79 Å². The molecule has 4 nitrogen and oxygen atoms in total. The molecule has 154 valence electrons. The molecule has 0 spiro atoms. The Morgan fingerprint density at radius 3 is 2.55 bits per heavy atom. The van der Waals surface area contributed by atoms with Crippen molar-refractivity contribution in [3.05, 3.63) is 56.5 Å². The van der Waals surface area contributed by atoms with E-state index in [2.05, 4.69) is 60.7 Å². The zero-order chi connectivity index (χ0) is 21.1. The third-order valence-corrected chi connectivity index (χ3v) is 6.84. The van der Waals surface area contributed by atoms with Gasteiger partial charge in [0, 0.05) is 17.6 Å². The van der Waals surface area contributed by atoms with E-state index in [0.717, 1.165) is 39.9 Å². The first-order chi connectivity index (χ1) is 13.8. The average molecular weight is 495 g/mol. The van der Waals surface area contributed by atoms with Crippen LogP contribution in [0.15, 0.2) is 34.8 Å².